The van der Waals surface area contributed by atoms with Crippen molar-refractivity contribution in [3.63, 3.8) is 0 Å². The van der Waals surface area contributed by atoms with Crippen LogP contribution in [0.3, 0.4) is 0 Å². The van der Waals surface area contributed by atoms with Crippen LogP contribution in [0.15, 0.2) is 12.2 Å². The van der Waals surface area contributed by atoms with Crippen LogP contribution < -0.4 is 0 Å². The van der Waals surface area contributed by atoms with Gasteiger partial charge in [0, 0.05) is 5.41 Å². The predicted octanol–water partition coefficient (Wildman–Crippen LogP) is 2.36. The van der Waals surface area contributed by atoms with E-state index in [2.05, 4.69) is 19.4 Å². The average Bonchev–Trinajstić information content (AvgIpc) is 2.12. The maximum absolute atomic E-state index is 9.79. The van der Waals surface area contributed by atoms with Gasteiger partial charge in [-0.25, -0.2) is 0 Å². The third-order valence-corrected chi connectivity index (χ3v) is 3.63. The topological polar surface area (TPSA) is 20.2 Å². The van der Waals surface area contributed by atoms with Gasteiger partial charge in [0.15, 0.2) is 0 Å². The summed E-state index contributed by atoms with van der Waals surface area (Å²) in [4.78, 5) is 0. The molecule has 1 rings (SSSR count). The molecule has 2 unspecified atom stereocenters. The molecule has 1 aliphatic carbocycles. The Kier molecular flexibility index (Phi) is 2.83. The number of aliphatic hydroxyl groups excluding tert-OH is 1. The standard InChI is InChI=1S/C12H18O/c1-5-11(13)12(4)9(2)7-6-8-10(12)3/h1,10-11,13H,2,6-8H2,3-4H3/t10?,11?,12-/m0/s1. The highest BCUT2D eigenvalue weighted by atomic mass is 16.3. The molecule has 0 aromatic carbocycles. The predicted molar refractivity (Wildman–Crippen MR) is 55.1 cm³/mol. The van der Waals surface area contributed by atoms with Gasteiger partial charge < -0.3 is 5.11 Å². The molecular formula is C12H18O. The first-order valence-electron chi connectivity index (χ1n) is 4.86. The molecule has 0 saturated heterocycles. The van der Waals surface area contributed by atoms with Crippen molar-refractivity contribution in [2.24, 2.45) is 11.3 Å². The summed E-state index contributed by atoms with van der Waals surface area (Å²) in [5.74, 6) is 2.86. The Morgan fingerprint density at radius 2 is 2.38 bits per heavy atom. The van der Waals surface area contributed by atoms with E-state index in [1.54, 1.807) is 0 Å². The maximum Gasteiger partial charge on any atom is 0.123 e. The molecule has 0 amide bonds. The average molecular weight is 178 g/mol. The molecule has 1 N–H and O–H groups in total. The van der Waals surface area contributed by atoms with Gasteiger partial charge in [0.05, 0.1) is 0 Å². The fourth-order valence-corrected chi connectivity index (χ4v) is 2.18. The normalized spacial score (nSPS) is 36.8. The minimum atomic E-state index is -0.685. The molecular weight excluding hydrogens is 160 g/mol. The molecule has 1 fully saturated rings. The van der Waals surface area contributed by atoms with Gasteiger partial charge in [-0.05, 0) is 25.2 Å². The van der Waals surface area contributed by atoms with E-state index in [1.807, 2.05) is 6.92 Å². The van der Waals surface area contributed by atoms with Crippen LogP contribution in [-0.2, 0) is 0 Å². The van der Waals surface area contributed by atoms with Gasteiger partial charge in [-0.15, -0.1) is 6.42 Å². The minimum absolute atomic E-state index is 0.271. The highest BCUT2D eigenvalue weighted by Gasteiger charge is 2.41. The lowest BCUT2D eigenvalue weighted by atomic mass is 9.63. The van der Waals surface area contributed by atoms with Crippen molar-refractivity contribution in [3.05, 3.63) is 12.2 Å². The van der Waals surface area contributed by atoms with Crippen molar-refractivity contribution in [2.45, 2.75) is 39.2 Å². The van der Waals surface area contributed by atoms with E-state index in [0.29, 0.717) is 5.92 Å². The molecule has 1 nitrogen and oxygen atoms in total. The Hall–Kier alpha value is -0.740. The molecule has 1 saturated carbocycles. The first-order chi connectivity index (χ1) is 6.03. The quantitative estimate of drug-likeness (QED) is 0.483. The minimum Gasteiger partial charge on any atom is -0.379 e. The van der Waals surface area contributed by atoms with Gasteiger partial charge in [0.25, 0.3) is 0 Å². The summed E-state index contributed by atoms with van der Waals surface area (Å²) in [6.07, 6.45) is 7.89. The molecule has 0 radical (unpaired) electrons. The van der Waals surface area contributed by atoms with Crippen molar-refractivity contribution in [1.29, 1.82) is 0 Å². The second-order valence-corrected chi connectivity index (χ2v) is 4.25. The molecule has 0 aromatic heterocycles. The van der Waals surface area contributed by atoms with Gasteiger partial charge in [0.2, 0.25) is 0 Å². The lowest BCUT2D eigenvalue weighted by Gasteiger charge is -2.43. The maximum atomic E-state index is 9.79. The van der Waals surface area contributed by atoms with E-state index in [9.17, 15) is 5.11 Å². The number of terminal acetylenes is 1. The summed E-state index contributed by atoms with van der Waals surface area (Å²) in [6.45, 7) is 8.21. The van der Waals surface area contributed by atoms with E-state index in [4.69, 9.17) is 6.42 Å². The molecule has 13 heavy (non-hydrogen) atoms. The molecule has 1 heteroatoms. The van der Waals surface area contributed by atoms with Crippen molar-refractivity contribution in [3.8, 4) is 12.3 Å². The first-order valence-corrected chi connectivity index (χ1v) is 4.86. The monoisotopic (exact) mass is 178 g/mol. The number of rotatable bonds is 1. The van der Waals surface area contributed by atoms with Crippen molar-refractivity contribution in [2.75, 3.05) is 0 Å². The molecule has 3 atom stereocenters. The highest BCUT2D eigenvalue weighted by molar-refractivity contribution is 5.21. The molecule has 0 bridgehead atoms. The summed E-state index contributed by atoms with van der Waals surface area (Å²) < 4.78 is 0. The zero-order chi connectivity index (χ0) is 10.1. The Morgan fingerprint density at radius 3 is 2.85 bits per heavy atom. The summed E-state index contributed by atoms with van der Waals surface area (Å²) >= 11 is 0. The Morgan fingerprint density at radius 1 is 1.77 bits per heavy atom. The molecule has 1 aliphatic rings. The van der Waals surface area contributed by atoms with Crippen molar-refractivity contribution in [1.82, 2.24) is 0 Å². The van der Waals surface area contributed by atoms with E-state index < -0.39 is 6.10 Å². The summed E-state index contributed by atoms with van der Waals surface area (Å²) in [5.41, 5.74) is 0.837. The van der Waals surface area contributed by atoms with Crippen LogP contribution in [0.1, 0.15) is 33.1 Å². The van der Waals surface area contributed by atoms with Crippen LogP contribution in [0, 0.1) is 23.7 Å². The molecule has 0 aliphatic heterocycles. The molecule has 0 spiro atoms. The van der Waals surface area contributed by atoms with E-state index >= 15 is 0 Å². The van der Waals surface area contributed by atoms with Gasteiger partial charge >= 0.3 is 0 Å². The van der Waals surface area contributed by atoms with Crippen molar-refractivity contribution >= 4 is 0 Å². The summed E-state index contributed by atoms with van der Waals surface area (Å²) in [6, 6.07) is 0. The zero-order valence-corrected chi connectivity index (χ0v) is 8.51. The third-order valence-electron chi connectivity index (χ3n) is 3.63. The second-order valence-electron chi connectivity index (χ2n) is 4.25. The van der Waals surface area contributed by atoms with E-state index in [0.717, 1.165) is 18.4 Å². The summed E-state index contributed by atoms with van der Waals surface area (Å²) in [5, 5.41) is 9.79. The van der Waals surface area contributed by atoms with E-state index in [-0.39, 0.29) is 5.41 Å². The van der Waals surface area contributed by atoms with Crippen LogP contribution in [-0.4, -0.2) is 11.2 Å². The van der Waals surface area contributed by atoms with Gasteiger partial charge in [0.1, 0.15) is 6.10 Å². The van der Waals surface area contributed by atoms with Crippen LogP contribution in [0.5, 0.6) is 0 Å². The van der Waals surface area contributed by atoms with Gasteiger partial charge in [-0.1, -0.05) is 31.9 Å². The lowest BCUT2D eigenvalue weighted by molar-refractivity contribution is 0.0498. The lowest BCUT2D eigenvalue weighted by Crippen LogP contribution is -2.41. The molecule has 0 heterocycles. The zero-order valence-electron chi connectivity index (χ0n) is 8.51. The highest BCUT2D eigenvalue weighted by Crippen LogP contribution is 2.46. The smallest absolute Gasteiger partial charge is 0.123 e. The van der Waals surface area contributed by atoms with Gasteiger partial charge in [-0.2, -0.15) is 0 Å². The molecule has 0 aromatic rings. The summed E-state index contributed by atoms with van der Waals surface area (Å²) in [7, 11) is 0. The fraction of sp³-hybridized carbons (Fsp3) is 0.667. The third kappa shape index (κ3) is 1.51. The number of hydrogen-bond donors (Lipinski definition) is 1. The fourth-order valence-electron chi connectivity index (χ4n) is 2.18. The van der Waals surface area contributed by atoms with Crippen LogP contribution in [0.25, 0.3) is 0 Å². The molecule has 72 valence electrons. The second kappa shape index (κ2) is 3.55. The van der Waals surface area contributed by atoms with Crippen LogP contribution in [0.2, 0.25) is 0 Å². The largest absolute Gasteiger partial charge is 0.379 e. The Labute approximate surface area is 80.9 Å². The SMILES string of the molecule is C#CC(O)[C@@]1(C)C(=C)CCCC1C. The Balaban J connectivity index is 2.95. The first kappa shape index (κ1) is 10.3. The van der Waals surface area contributed by atoms with E-state index in [1.165, 1.54) is 6.42 Å². The van der Waals surface area contributed by atoms with Crippen LogP contribution in [0.4, 0.5) is 0 Å². The Bertz CT molecular complexity index is 248. The van der Waals surface area contributed by atoms with Gasteiger partial charge in [-0.3, -0.25) is 0 Å². The number of hydrogen-bond acceptors (Lipinski definition) is 1. The van der Waals surface area contributed by atoms with Crippen LogP contribution >= 0.6 is 0 Å². The number of aliphatic hydroxyl groups is 1. The van der Waals surface area contributed by atoms with Crippen molar-refractivity contribution < 1.29 is 5.11 Å².